The monoisotopic (exact) mass is 186 g/mol. The Labute approximate surface area is 74.8 Å². The standard InChI is InChI=1S/C7H10N2O2S/c1-3-12-7-8-5(10)4(2)6(11)9-7/h4H,3H2,1-2H3,(H,8,9,10,11). The summed E-state index contributed by atoms with van der Waals surface area (Å²) in [5.41, 5.74) is 0. The Morgan fingerprint density at radius 3 is 2.75 bits per heavy atom. The van der Waals surface area contributed by atoms with Gasteiger partial charge in [-0.3, -0.25) is 9.59 Å². The Bertz CT molecular complexity index is 250. The largest absolute Gasteiger partial charge is 0.304 e. The number of nitrogens with zero attached hydrogens (tertiary/aromatic N) is 1. The Balaban J connectivity index is 2.74. The molecule has 0 aromatic heterocycles. The summed E-state index contributed by atoms with van der Waals surface area (Å²) in [6, 6.07) is 0. The number of nitrogens with one attached hydrogen (secondary N) is 1. The van der Waals surface area contributed by atoms with Crippen LogP contribution in [0, 0.1) is 5.92 Å². The van der Waals surface area contributed by atoms with Crippen molar-refractivity contribution in [1.82, 2.24) is 5.32 Å². The van der Waals surface area contributed by atoms with E-state index in [1.807, 2.05) is 6.92 Å². The molecule has 1 N–H and O–H groups in total. The number of carbonyl (C=O) groups is 2. The fourth-order valence-corrected chi connectivity index (χ4v) is 1.36. The predicted octanol–water partition coefficient (Wildman–Crippen LogP) is 0.388. The molecule has 12 heavy (non-hydrogen) atoms. The highest BCUT2D eigenvalue weighted by Gasteiger charge is 2.27. The van der Waals surface area contributed by atoms with Crippen LogP contribution in [0.2, 0.25) is 0 Å². The number of aliphatic imine (C=N–C) groups is 1. The first-order valence-electron chi connectivity index (χ1n) is 3.71. The van der Waals surface area contributed by atoms with Crippen molar-refractivity contribution >= 4 is 28.7 Å². The average molecular weight is 186 g/mol. The molecule has 1 atom stereocenters. The number of hydrogen-bond acceptors (Lipinski definition) is 3. The molecule has 5 heteroatoms. The van der Waals surface area contributed by atoms with E-state index >= 15 is 0 Å². The zero-order valence-corrected chi connectivity index (χ0v) is 7.77. The average Bonchev–Trinajstić information content (AvgIpc) is 2.01. The Hall–Kier alpha value is -0.840. The van der Waals surface area contributed by atoms with Gasteiger partial charge in [0.2, 0.25) is 5.91 Å². The lowest BCUT2D eigenvalue weighted by molar-refractivity contribution is -0.132. The van der Waals surface area contributed by atoms with Crippen LogP contribution < -0.4 is 5.32 Å². The molecule has 0 spiro atoms. The molecule has 0 saturated carbocycles. The first kappa shape index (κ1) is 9.25. The zero-order chi connectivity index (χ0) is 9.14. The lowest BCUT2D eigenvalue weighted by Crippen LogP contribution is -2.41. The molecular formula is C7H10N2O2S. The fraction of sp³-hybridized carbons (Fsp3) is 0.571. The number of amidine groups is 1. The van der Waals surface area contributed by atoms with Gasteiger partial charge >= 0.3 is 0 Å². The molecule has 0 bridgehead atoms. The molecule has 1 rings (SSSR count). The normalized spacial score (nSPS) is 23.5. The van der Waals surface area contributed by atoms with Crippen molar-refractivity contribution in [3.8, 4) is 0 Å². The molecule has 1 aliphatic rings. The van der Waals surface area contributed by atoms with Crippen LogP contribution in [0.3, 0.4) is 0 Å². The number of hydrogen-bond donors (Lipinski definition) is 1. The first-order valence-corrected chi connectivity index (χ1v) is 4.70. The van der Waals surface area contributed by atoms with Gasteiger partial charge in [-0.1, -0.05) is 18.7 Å². The molecule has 2 amide bonds. The van der Waals surface area contributed by atoms with Crippen molar-refractivity contribution in [3.63, 3.8) is 0 Å². The van der Waals surface area contributed by atoms with Crippen LogP contribution in [0.5, 0.6) is 0 Å². The molecular weight excluding hydrogens is 176 g/mol. The van der Waals surface area contributed by atoms with Gasteiger partial charge in [-0.05, 0) is 12.7 Å². The van der Waals surface area contributed by atoms with E-state index in [-0.39, 0.29) is 11.8 Å². The van der Waals surface area contributed by atoms with Crippen LogP contribution >= 0.6 is 11.8 Å². The van der Waals surface area contributed by atoms with Crippen LogP contribution in [-0.4, -0.2) is 22.7 Å². The Morgan fingerprint density at radius 2 is 2.25 bits per heavy atom. The minimum Gasteiger partial charge on any atom is -0.304 e. The second-order valence-corrected chi connectivity index (χ2v) is 3.65. The summed E-state index contributed by atoms with van der Waals surface area (Å²) in [6.45, 7) is 3.48. The van der Waals surface area contributed by atoms with E-state index in [2.05, 4.69) is 10.3 Å². The molecule has 1 aliphatic heterocycles. The highest BCUT2D eigenvalue weighted by Crippen LogP contribution is 2.10. The van der Waals surface area contributed by atoms with Gasteiger partial charge in [0.15, 0.2) is 5.17 Å². The molecule has 4 nitrogen and oxygen atoms in total. The molecule has 0 saturated heterocycles. The summed E-state index contributed by atoms with van der Waals surface area (Å²) in [6.07, 6.45) is 0. The van der Waals surface area contributed by atoms with Gasteiger partial charge in [-0.15, -0.1) is 0 Å². The van der Waals surface area contributed by atoms with Crippen LogP contribution in [-0.2, 0) is 9.59 Å². The summed E-state index contributed by atoms with van der Waals surface area (Å²) < 4.78 is 0. The molecule has 0 fully saturated rings. The third-order valence-electron chi connectivity index (χ3n) is 1.49. The smallest absolute Gasteiger partial charge is 0.260 e. The van der Waals surface area contributed by atoms with E-state index in [0.717, 1.165) is 5.75 Å². The van der Waals surface area contributed by atoms with E-state index in [9.17, 15) is 9.59 Å². The highest BCUT2D eigenvalue weighted by molar-refractivity contribution is 8.13. The minimum atomic E-state index is -0.633. The first-order chi connectivity index (χ1) is 5.65. The summed E-state index contributed by atoms with van der Waals surface area (Å²) in [7, 11) is 0. The van der Waals surface area contributed by atoms with Crippen molar-refractivity contribution < 1.29 is 9.59 Å². The second-order valence-electron chi connectivity index (χ2n) is 2.40. The maximum absolute atomic E-state index is 11.1. The van der Waals surface area contributed by atoms with Gasteiger partial charge in [-0.2, -0.15) is 4.99 Å². The summed E-state index contributed by atoms with van der Waals surface area (Å²) in [5, 5.41) is 2.97. The maximum atomic E-state index is 11.1. The van der Waals surface area contributed by atoms with E-state index in [1.54, 1.807) is 6.92 Å². The maximum Gasteiger partial charge on any atom is 0.260 e. The third kappa shape index (κ3) is 1.85. The third-order valence-corrected chi connectivity index (χ3v) is 2.24. The van der Waals surface area contributed by atoms with E-state index in [4.69, 9.17) is 0 Å². The Morgan fingerprint density at radius 1 is 1.58 bits per heavy atom. The van der Waals surface area contributed by atoms with Crippen molar-refractivity contribution in [2.24, 2.45) is 10.9 Å². The van der Waals surface area contributed by atoms with E-state index < -0.39 is 5.92 Å². The van der Waals surface area contributed by atoms with Crippen LogP contribution in [0.25, 0.3) is 0 Å². The summed E-state index contributed by atoms with van der Waals surface area (Å²) in [4.78, 5) is 25.8. The summed E-state index contributed by atoms with van der Waals surface area (Å²) in [5.74, 6) is -0.451. The molecule has 0 aromatic rings. The van der Waals surface area contributed by atoms with Gasteiger partial charge in [0, 0.05) is 0 Å². The molecule has 0 aromatic carbocycles. The van der Waals surface area contributed by atoms with Gasteiger partial charge in [0.1, 0.15) is 5.92 Å². The predicted molar refractivity (Wildman–Crippen MR) is 47.9 cm³/mol. The van der Waals surface area contributed by atoms with Crippen LogP contribution in [0.4, 0.5) is 0 Å². The zero-order valence-electron chi connectivity index (χ0n) is 6.96. The fourth-order valence-electron chi connectivity index (χ4n) is 0.756. The lowest BCUT2D eigenvalue weighted by Gasteiger charge is -2.15. The van der Waals surface area contributed by atoms with Crippen molar-refractivity contribution in [3.05, 3.63) is 0 Å². The van der Waals surface area contributed by atoms with Gasteiger partial charge < -0.3 is 5.32 Å². The number of amides is 2. The second kappa shape index (κ2) is 3.71. The van der Waals surface area contributed by atoms with Crippen molar-refractivity contribution in [1.29, 1.82) is 0 Å². The van der Waals surface area contributed by atoms with Crippen LogP contribution in [0.15, 0.2) is 4.99 Å². The molecule has 1 unspecified atom stereocenters. The molecule has 0 aliphatic carbocycles. The van der Waals surface area contributed by atoms with E-state index in [0.29, 0.717) is 5.17 Å². The number of thioether (sulfide) groups is 1. The quantitative estimate of drug-likeness (QED) is 0.602. The van der Waals surface area contributed by atoms with Crippen molar-refractivity contribution in [2.75, 3.05) is 5.75 Å². The van der Waals surface area contributed by atoms with Gasteiger partial charge in [0.05, 0.1) is 0 Å². The number of carbonyl (C=O) groups excluding carboxylic acids is 2. The number of rotatable bonds is 1. The Kier molecular flexibility index (Phi) is 2.86. The lowest BCUT2D eigenvalue weighted by atomic mass is 10.1. The summed E-state index contributed by atoms with van der Waals surface area (Å²) >= 11 is 1.36. The molecule has 1 heterocycles. The van der Waals surface area contributed by atoms with E-state index in [1.165, 1.54) is 11.8 Å². The molecule has 0 radical (unpaired) electrons. The topological polar surface area (TPSA) is 58.5 Å². The minimum absolute atomic E-state index is 0.258. The van der Waals surface area contributed by atoms with Crippen LogP contribution in [0.1, 0.15) is 13.8 Å². The highest BCUT2D eigenvalue weighted by atomic mass is 32.2. The van der Waals surface area contributed by atoms with Gasteiger partial charge in [-0.25, -0.2) is 0 Å². The molecule has 66 valence electrons. The SMILES string of the molecule is CCSC1=NC(=O)C(C)C(=O)N1. The van der Waals surface area contributed by atoms with Crippen molar-refractivity contribution in [2.45, 2.75) is 13.8 Å². The van der Waals surface area contributed by atoms with Gasteiger partial charge in [0.25, 0.3) is 5.91 Å².